The van der Waals surface area contributed by atoms with Crippen molar-refractivity contribution in [2.45, 2.75) is 25.7 Å². The lowest BCUT2D eigenvalue weighted by atomic mass is 9.80. The van der Waals surface area contributed by atoms with E-state index in [-0.39, 0.29) is 12.2 Å². The molecule has 0 bridgehead atoms. The average molecular weight is 331 g/mol. The normalized spacial score (nSPS) is 14.3. The van der Waals surface area contributed by atoms with Crippen LogP contribution in [0.25, 0.3) is 0 Å². The van der Waals surface area contributed by atoms with Crippen molar-refractivity contribution in [3.8, 4) is 17.2 Å². The van der Waals surface area contributed by atoms with E-state index in [1.807, 2.05) is 0 Å². The van der Waals surface area contributed by atoms with E-state index in [0.717, 1.165) is 0 Å². The van der Waals surface area contributed by atoms with Gasteiger partial charge in [-0.25, -0.2) is 0 Å². The lowest BCUT2D eigenvalue weighted by Crippen LogP contribution is -2.25. The molecule has 1 aromatic carbocycles. The van der Waals surface area contributed by atoms with Gasteiger partial charge in [-0.05, 0) is 15.9 Å². The highest BCUT2D eigenvalue weighted by atomic mass is 79.9. The van der Waals surface area contributed by atoms with Crippen molar-refractivity contribution >= 4 is 21.9 Å². The van der Waals surface area contributed by atoms with Crippen LogP contribution in [0.3, 0.4) is 0 Å². The summed E-state index contributed by atoms with van der Waals surface area (Å²) in [4.78, 5) is 11.0. The van der Waals surface area contributed by atoms with Crippen LogP contribution in [-0.2, 0) is 10.2 Å². The van der Waals surface area contributed by atoms with Gasteiger partial charge in [0.2, 0.25) is 0 Å². The van der Waals surface area contributed by atoms with Gasteiger partial charge in [0.1, 0.15) is 19.0 Å². The summed E-state index contributed by atoms with van der Waals surface area (Å²) >= 11 is 3.25. The number of ether oxygens (including phenoxy) is 2. The number of phenols is 1. The van der Waals surface area contributed by atoms with Gasteiger partial charge < -0.3 is 19.7 Å². The molecule has 1 aliphatic heterocycles. The van der Waals surface area contributed by atoms with Crippen LogP contribution in [0.5, 0.6) is 17.2 Å². The quantitative estimate of drug-likeness (QED) is 0.891. The maximum Gasteiger partial charge on any atom is 0.304 e. The number of carboxylic acids is 1. The highest BCUT2D eigenvalue weighted by molar-refractivity contribution is 9.10. The lowest BCUT2D eigenvalue weighted by Gasteiger charge is -2.30. The number of benzene rings is 1. The molecule has 6 heteroatoms. The maximum atomic E-state index is 11.0. The van der Waals surface area contributed by atoms with E-state index < -0.39 is 11.4 Å². The summed E-state index contributed by atoms with van der Waals surface area (Å²) in [6.45, 7) is 4.31. The Morgan fingerprint density at radius 1 is 1.42 bits per heavy atom. The van der Waals surface area contributed by atoms with Gasteiger partial charge in [-0.1, -0.05) is 13.8 Å². The molecular weight excluding hydrogens is 316 g/mol. The van der Waals surface area contributed by atoms with Crippen LogP contribution in [0.2, 0.25) is 0 Å². The summed E-state index contributed by atoms with van der Waals surface area (Å²) in [6.07, 6.45) is -0.118. The molecule has 19 heavy (non-hydrogen) atoms. The van der Waals surface area contributed by atoms with Crippen molar-refractivity contribution in [2.24, 2.45) is 0 Å². The Kier molecular flexibility index (Phi) is 3.62. The number of phenolic OH excluding ortho intramolecular Hbond substituents is 1. The van der Waals surface area contributed by atoms with E-state index in [4.69, 9.17) is 14.6 Å². The first-order chi connectivity index (χ1) is 8.83. The molecule has 0 spiro atoms. The Bertz CT molecular complexity index is 524. The first-order valence-electron chi connectivity index (χ1n) is 5.86. The van der Waals surface area contributed by atoms with Crippen LogP contribution in [0.15, 0.2) is 10.5 Å². The molecule has 0 aliphatic carbocycles. The van der Waals surface area contributed by atoms with Crippen molar-refractivity contribution in [1.82, 2.24) is 0 Å². The molecule has 104 valence electrons. The standard InChI is InChI=1S/C13H15BrO5/c1-13(2,6-9(15)16)10-11(17)7(14)5-8-12(10)19-4-3-18-8/h5,17H,3-4,6H2,1-2H3,(H,15,16). The smallest absolute Gasteiger partial charge is 0.304 e. The van der Waals surface area contributed by atoms with Crippen molar-refractivity contribution < 1.29 is 24.5 Å². The molecule has 0 saturated carbocycles. The maximum absolute atomic E-state index is 11.0. The summed E-state index contributed by atoms with van der Waals surface area (Å²) in [7, 11) is 0. The molecule has 1 aromatic rings. The fraction of sp³-hybridized carbons (Fsp3) is 0.462. The van der Waals surface area contributed by atoms with Crippen molar-refractivity contribution in [2.75, 3.05) is 13.2 Å². The lowest BCUT2D eigenvalue weighted by molar-refractivity contribution is -0.138. The number of aromatic hydroxyl groups is 1. The number of halogens is 1. The van der Waals surface area contributed by atoms with E-state index in [2.05, 4.69) is 15.9 Å². The van der Waals surface area contributed by atoms with Gasteiger partial charge >= 0.3 is 5.97 Å². The van der Waals surface area contributed by atoms with E-state index in [9.17, 15) is 9.90 Å². The summed E-state index contributed by atoms with van der Waals surface area (Å²) in [5.41, 5.74) is -0.316. The first kappa shape index (κ1) is 14.0. The molecule has 0 atom stereocenters. The summed E-state index contributed by atoms with van der Waals surface area (Å²) in [5.74, 6) is 0.00735. The molecule has 0 fully saturated rings. The summed E-state index contributed by atoms with van der Waals surface area (Å²) in [5, 5.41) is 19.2. The molecule has 0 radical (unpaired) electrons. The summed E-state index contributed by atoms with van der Waals surface area (Å²) in [6, 6.07) is 1.63. The zero-order chi connectivity index (χ0) is 14.2. The minimum absolute atomic E-state index is 0.00417. The number of aliphatic carboxylic acids is 1. The number of hydrogen-bond donors (Lipinski definition) is 2. The Balaban J connectivity index is 2.60. The van der Waals surface area contributed by atoms with Gasteiger partial charge in [-0.3, -0.25) is 4.79 Å². The monoisotopic (exact) mass is 330 g/mol. The predicted octanol–water partition coefficient (Wildman–Crippen LogP) is 2.68. The molecular formula is C13H15BrO5. The second-order valence-electron chi connectivity index (χ2n) is 5.06. The molecule has 5 nitrogen and oxygen atoms in total. The molecule has 0 amide bonds. The van der Waals surface area contributed by atoms with E-state index >= 15 is 0 Å². The van der Waals surface area contributed by atoms with Gasteiger partial charge in [0.25, 0.3) is 0 Å². The van der Waals surface area contributed by atoms with E-state index in [1.165, 1.54) is 0 Å². The molecule has 1 heterocycles. The minimum Gasteiger partial charge on any atom is -0.506 e. The SMILES string of the molecule is CC(C)(CC(=O)O)c1c(O)c(Br)cc2c1OCCO2. The molecule has 2 rings (SSSR count). The van der Waals surface area contributed by atoms with Gasteiger partial charge in [-0.15, -0.1) is 0 Å². The number of fused-ring (bicyclic) bond motifs is 1. The Morgan fingerprint density at radius 2 is 2.05 bits per heavy atom. The van der Waals surface area contributed by atoms with Crippen LogP contribution < -0.4 is 9.47 Å². The zero-order valence-electron chi connectivity index (χ0n) is 10.7. The first-order valence-corrected chi connectivity index (χ1v) is 6.65. The average Bonchev–Trinajstić information content (AvgIpc) is 2.28. The Hall–Kier alpha value is -1.43. The second kappa shape index (κ2) is 4.92. The van der Waals surface area contributed by atoms with Crippen LogP contribution in [-0.4, -0.2) is 29.4 Å². The molecule has 2 N–H and O–H groups in total. The number of carbonyl (C=O) groups is 1. The van der Waals surface area contributed by atoms with Crippen LogP contribution in [0.1, 0.15) is 25.8 Å². The summed E-state index contributed by atoms with van der Waals surface area (Å²) < 4.78 is 11.5. The second-order valence-corrected chi connectivity index (χ2v) is 5.91. The van der Waals surface area contributed by atoms with E-state index in [0.29, 0.717) is 34.7 Å². The molecule has 0 unspecified atom stereocenters. The third-order valence-electron chi connectivity index (χ3n) is 3.03. The Labute approximate surface area is 119 Å². The third kappa shape index (κ3) is 2.63. The van der Waals surface area contributed by atoms with Crippen molar-refractivity contribution in [1.29, 1.82) is 0 Å². The van der Waals surface area contributed by atoms with Crippen LogP contribution in [0.4, 0.5) is 0 Å². The molecule has 0 saturated heterocycles. The predicted molar refractivity (Wildman–Crippen MR) is 72.1 cm³/mol. The van der Waals surface area contributed by atoms with Crippen molar-refractivity contribution in [3.05, 3.63) is 16.1 Å². The number of rotatable bonds is 3. The zero-order valence-corrected chi connectivity index (χ0v) is 12.3. The highest BCUT2D eigenvalue weighted by Crippen LogP contribution is 2.49. The third-order valence-corrected chi connectivity index (χ3v) is 3.63. The number of hydrogen-bond acceptors (Lipinski definition) is 4. The topological polar surface area (TPSA) is 76.0 Å². The van der Waals surface area contributed by atoms with Crippen LogP contribution >= 0.6 is 15.9 Å². The molecule has 1 aliphatic rings. The largest absolute Gasteiger partial charge is 0.506 e. The van der Waals surface area contributed by atoms with Crippen molar-refractivity contribution in [3.63, 3.8) is 0 Å². The minimum atomic E-state index is -0.935. The Morgan fingerprint density at radius 3 is 2.68 bits per heavy atom. The fourth-order valence-electron chi connectivity index (χ4n) is 2.24. The van der Waals surface area contributed by atoms with E-state index in [1.54, 1.807) is 19.9 Å². The molecule has 0 aromatic heterocycles. The highest BCUT2D eigenvalue weighted by Gasteiger charge is 2.34. The van der Waals surface area contributed by atoms with Gasteiger partial charge in [0, 0.05) is 17.0 Å². The van der Waals surface area contributed by atoms with Gasteiger partial charge in [-0.2, -0.15) is 0 Å². The number of carboxylic acid groups (broad SMARTS) is 1. The van der Waals surface area contributed by atoms with Gasteiger partial charge in [0.05, 0.1) is 10.9 Å². The van der Waals surface area contributed by atoms with Gasteiger partial charge in [0.15, 0.2) is 11.5 Å². The van der Waals surface area contributed by atoms with Crippen LogP contribution in [0, 0.1) is 0 Å². The fourth-order valence-corrected chi connectivity index (χ4v) is 2.65.